The van der Waals surface area contributed by atoms with Crippen molar-refractivity contribution in [3.63, 3.8) is 0 Å². The number of halogens is 1. The highest BCUT2D eigenvalue weighted by atomic mass is 35.5. The van der Waals surface area contributed by atoms with E-state index in [0.717, 1.165) is 49.1 Å². The molecule has 2 heterocycles. The van der Waals surface area contributed by atoms with Crippen molar-refractivity contribution in [3.05, 3.63) is 46.2 Å². The number of aromatic nitrogens is 2. The molecule has 1 aliphatic heterocycles. The van der Waals surface area contributed by atoms with Crippen LogP contribution in [0.1, 0.15) is 16.8 Å². The Morgan fingerprint density at radius 1 is 1.13 bits per heavy atom. The first kappa shape index (κ1) is 15.6. The van der Waals surface area contributed by atoms with Crippen molar-refractivity contribution in [1.29, 1.82) is 5.26 Å². The summed E-state index contributed by atoms with van der Waals surface area (Å²) >= 11 is 6.30. The summed E-state index contributed by atoms with van der Waals surface area (Å²) in [5, 5.41) is 9.55. The van der Waals surface area contributed by atoms with E-state index in [4.69, 9.17) is 16.9 Å². The lowest BCUT2D eigenvalue weighted by Crippen LogP contribution is -2.47. The zero-order valence-corrected chi connectivity index (χ0v) is 14.0. The van der Waals surface area contributed by atoms with Crippen molar-refractivity contribution in [2.75, 3.05) is 36.0 Å². The van der Waals surface area contributed by atoms with Gasteiger partial charge in [-0.3, -0.25) is 0 Å². The monoisotopic (exact) mass is 327 g/mol. The molecule has 0 amide bonds. The van der Waals surface area contributed by atoms with Crippen LogP contribution in [0.3, 0.4) is 0 Å². The van der Waals surface area contributed by atoms with Crippen LogP contribution in [0.5, 0.6) is 0 Å². The van der Waals surface area contributed by atoms with Gasteiger partial charge in [0.05, 0.1) is 22.3 Å². The van der Waals surface area contributed by atoms with Crippen LogP contribution in [0.25, 0.3) is 0 Å². The summed E-state index contributed by atoms with van der Waals surface area (Å²) in [6.45, 7) is 7.42. The molecule has 0 radical (unpaired) electrons. The van der Waals surface area contributed by atoms with Crippen LogP contribution in [0.4, 0.5) is 11.6 Å². The number of aryl methyl sites for hydroxylation is 2. The van der Waals surface area contributed by atoms with Gasteiger partial charge in [0.2, 0.25) is 5.95 Å². The number of anilines is 2. The number of nitrogens with zero attached hydrogens (tertiary/aromatic N) is 5. The van der Waals surface area contributed by atoms with E-state index in [-0.39, 0.29) is 0 Å². The molecule has 0 aliphatic carbocycles. The summed E-state index contributed by atoms with van der Waals surface area (Å²) in [4.78, 5) is 13.4. The molecule has 5 nitrogen and oxygen atoms in total. The van der Waals surface area contributed by atoms with Crippen LogP contribution < -0.4 is 9.80 Å². The van der Waals surface area contributed by atoms with E-state index in [1.807, 2.05) is 26.1 Å². The third-order valence-corrected chi connectivity index (χ3v) is 4.49. The van der Waals surface area contributed by atoms with Gasteiger partial charge in [0.15, 0.2) is 0 Å². The van der Waals surface area contributed by atoms with Crippen LogP contribution in [-0.2, 0) is 0 Å². The molecule has 1 fully saturated rings. The first-order chi connectivity index (χ1) is 11.1. The summed E-state index contributed by atoms with van der Waals surface area (Å²) < 4.78 is 0. The number of rotatable bonds is 2. The van der Waals surface area contributed by atoms with Gasteiger partial charge in [-0.15, -0.1) is 0 Å². The molecular weight excluding hydrogens is 310 g/mol. The van der Waals surface area contributed by atoms with Crippen molar-refractivity contribution in [2.24, 2.45) is 0 Å². The third kappa shape index (κ3) is 3.22. The van der Waals surface area contributed by atoms with E-state index in [1.165, 1.54) is 0 Å². The first-order valence-electron chi connectivity index (χ1n) is 7.58. The topological polar surface area (TPSA) is 56.1 Å². The average molecular weight is 328 g/mol. The quantitative estimate of drug-likeness (QED) is 0.848. The highest BCUT2D eigenvalue weighted by Gasteiger charge is 2.21. The fraction of sp³-hybridized carbons (Fsp3) is 0.353. The highest BCUT2D eigenvalue weighted by molar-refractivity contribution is 6.33. The van der Waals surface area contributed by atoms with Gasteiger partial charge in [-0.2, -0.15) is 5.26 Å². The molecule has 0 N–H and O–H groups in total. The molecule has 0 spiro atoms. The molecule has 0 atom stereocenters. The second-order valence-electron chi connectivity index (χ2n) is 5.69. The van der Waals surface area contributed by atoms with Crippen LogP contribution in [0, 0.1) is 25.2 Å². The maximum atomic E-state index is 8.92. The van der Waals surface area contributed by atoms with Gasteiger partial charge >= 0.3 is 0 Å². The predicted octanol–water partition coefficient (Wildman–Crippen LogP) is 2.95. The van der Waals surface area contributed by atoms with Gasteiger partial charge in [-0.05, 0) is 37.6 Å². The predicted molar refractivity (Wildman–Crippen MR) is 92.1 cm³/mol. The minimum atomic E-state index is 0.584. The zero-order chi connectivity index (χ0) is 16.4. The lowest BCUT2D eigenvalue weighted by Gasteiger charge is -2.36. The van der Waals surface area contributed by atoms with Gasteiger partial charge in [0.25, 0.3) is 0 Å². The Labute approximate surface area is 141 Å². The maximum absolute atomic E-state index is 8.92. The molecule has 0 saturated carbocycles. The van der Waals surface area contributed by atoms with Gasteiger partial charge in [-0.1, -0.05) is 11.6 Å². The highest BCUT2D eigenvalue weighted by Crippen LogP contribution is 2.28. The molecule has 1 saturated heterocycles. The van der Waals surface area contributed by atoms with Crippen LogP contribution in [0.15, 0.2) is 24.4 Å². The molecule has 2 aromatic rings. The van der Waals surface area contributed by atoms with Crippen molar-refractivity contribution in [1.82, 2.24) is 9.97 Å². The fourth-order valence-corrected chi connectivity index (χ4v) is 2.95. The Hall–Kier alpha value is -2.32. The fourth-order valence-electron chi connectivity index (χ4n) is 2.65. The van der Waals surface area contributed by atoms with E-state index >= 15 is 0 Å². The summed E-state index contributed by atoms with van der Waals surface area (Å²) in [5.41, 5.74) is 3.69. The summed E-state index contributed by atoms with van der Waals surface area (Å²) in [5.74, 6) is 0.790. The van der Waals surface area contributed by atoms with Crippen LogP contribution >= 0.6 is 11.6 Å². The minimum Gasteiger partial charge on any atom is -0.367 e. The maximum Gasteiger partial charge on any atom is 0.225 e. The molecule has 0 bridgehead atoms. The molecular formula is C17H18ClN5. The minimum absolute atomic E-state index is 0.584. The number of hydrogen-bond acceptors (Lipinski definition) is 5. The third-order valence-electron chi connectivity index (χ3n) is 4.19. The Morgan fingerprint density at radius 3 is 2.43 bits per heavy atom. The molecule has 23 heavy (non-hydrogen) atoms. The summed E-state index contributed by atoms with van der Waals surface area (Å²) in [6.07, 6.45) is 1.88. The number of piperazine rings is 1. The van der Waals surface area contributed by atoms with E-state index in [0.29, 0.717) is 10.6 Å². The van der Waals surface area contributed by atoms with Crippen molar-refractivity contribution < 1.29 is 0 Å². The molecule has 6 heteroatoms. The Balaban J connectivity index is 1.71. The van der Waals surface area contributed by atoms with E-state index < -0.39 is 0 Å². The largest absolute Gasteiger partial charge is 0.367 e. The smallest absolute Gasteiger partial charge is 0.225 e. The SMILES string of the molecule is Cc1cnc(N2CCN(c3ccc(C#N)cc3Cl)CC2)nc1C. The van der Waals surface area contributed by atoms with Gasteiger partial charge < -0.3 is 9.80 Å². The standard InChI is InChI=1S/C17H18ClN5/c1-12-11-20-17(21-13(12)2)23-7-5-22(6-8-23)16-4-3-14(10-19)9-15(16)18/h3-4,9,11H,5-8H2,1-2H3. The summed E-state index contributed by atoms with van der Waals surface area (Å²) in [7, 11) is 0. The molecule has 118 valence electrons. The van der Waals surface area contributed by atoms with Crippen LogP contribution in [-0.4, -0.2) is 36.1 Å². The normalized spacial score (nSPS) is 14.7. The molecule has 1 aromatic carbocycles. The zero-order valence-electron chi connectivity index (χ0n) is 13.3. The Kier molecular flexibility index (Phi) is 4.35. The summed E-state index contributed by atoms with van der Waals surface area (Å²) in [6, 6.07) is 7.55. The average Bonchev–Trinajstić information content (AvgIpc) is 2.57. The van der Waals surface area contributed by atoms with Gasteiger partial charge in [-0.25, -0.2) is 9.97 Å². The van der Waals surface area contributed by atoms with Crippen molar-refractivity contribution in [3.8, 4) is 6.07 Å². The molecule has 0 unspecified atom stereocenters. The van der Waals surface area contributed by atoms with E-state index in [9.17, 15) is 0 Å². The molecule has 3 rings (SSSR count). The van der Waals surface area contributed by atoms with Gasteiger partial charge in [0.1, 0.15) is 0 Å². The number of benzene rings is 1. The van der Waals surface area contributed by atoms with E-state index in [2.05, 4.69) is 25.8 Å². The Bertz CT molecular complexity index is 760. The van der Waals surface area contributed by atoms with Crippen molar-refractivity contribution in [2.45, 2.75) is 13.8 Å². The number of hydrogen-bond donors (Lipinski definition) is 0. The lowest BCUT2D eigenvalue weighted by molar-refractivity contribution is 0.639. The van der Waals surface area contributed by atoms with Gasteiger partial charge in [0, 0.05) is 38.1 Å². The first-order valence-corrected chi connectivity index (χ1v) is 7.96. The van der Waals surface area contributed by atoms with Crippen LogP contribution in [0.2, 0.25) is 5.02 Å². The van der Waals surface area contributed by atoms with Crippen molar-refractivity contribution >= 4 is 23.2 Å². The van der Waals surface area contributed by atoms with E-state index in [1.54, 1.807) is 12.1 Å². The second kappa shape index (κ2) is 6.43. The number of nitriles is 1. The second-order valence-corrected chi connectivity index (χ2v) is 6.10. The molecule has 1 aromatic heterocycles. The lowest BCUT2D eigenvalue weighted by atomic mass is 10.2. The molecule has 1 aliphatic rings. The Morgan fingerprint density at radius 2 is 1.83 bits per heavy atom.